The molecule has 0 aliphatic heterocycles. The summed E-state index contributed by atoms with van der Waals surface area (Å²) in [5, 5.41) is 4.15. The molecule has 0 fully saturated rings. The van der Waals surface area contributed by atoms with Crippen LogP contribution < -0.4 is 10.9 Å². The summed E-state index contributed by atoms with van der Waals surface area (Å²) < 4.78 is 5.31. The van der Waals surface area contributed by atoms with Crippen molar-refractivity contribution in [1.82, 2.24) is 5.32 Å². The van der Waals surface area contributed by atoms with E-state index in [-0.39, 0.29) is 12.5 Å². The Balaban J connectivity index is 1.93. The third-order valence-corrected chi connectivity index (χ3v) is 4.02. The van der Waals surface area contributed by atoms with E-state index in [9.17, 15) is 9.59 Å². The van der Waals surface area contributed by atoms with E-state index >= 15 is 0 Å². The van der Waals surface area contributed by atoms with Gasteiger partial charge in [-0.05, 0) is 54.8 Å². The number of carbonyl (C=O) groups is 1. The van der Waals surface area contributed by atoms with Gasteiger partial charge in [-0.1, -0.05) is 23.7 Å². The molecule has 1 heterocycles. The molecular formula is C19H16ClNO3. The van der Waals surface area contributed by atoms with Crippen molar-refractivity contribution >= 4 is 28.5 Å². The maximum Gasteiger partial charge on any atom is 0.336 e. The fourth-order valence-electron chi connectivity index (χ4n) is 2.73. The molecule has 0 atom stereocenters. The lowest BCUT2D eigenvalue weighted by Gasteiger charge is -2.10. The van der Waals surface area contributed by atoms with Gasteiger partial charge < -0.3 is 9.73 Å². The van der Waals surface area contributed by atoms with E-state index in [4.69, 9.17) is 16.0 Å². The molecule has 0 saturated heterocycles. The lowest BCUT2D eigenvalue weighted by atomic mass is 10.0. The van der Waals surface area contributed by atoms with Crippen molar-refractivity contribution in [3.8, 4) is 0 Å². The Labute approximate surface area is 144 Å². The number of amides is 1. The molecule has 0 saturated carbocycles. The number of hydrogen-bond acceptors (Lipinski definition) is 3. The number of fused-ring (bicyclic) bond motifs is 1. The Kier molecular flexibility index (Phi) is 4.40. The normalized spacial score (nSPS) is 10.8. The highest BCUT2D eigenvalue weighted by molar-refractivity contribution is 6.30. The van der Waals surface area contributed by atoms with Gasteiger partial charge in [0.15, 0.2) is 0 Å². The van der Waals surface area contributed by atoms with Crippen molar-refractivity contribution < 1.29 is 9.21 Å². The largest absolute Gasteiger partial charge is 0.422 e. The molecule has 0 unspecified atom stereocenters. The Morgan fingerprint density at radius 1 is 1.17 bits per heavy atom. The molecule has 0 spiro atoms. The van der Waals surface area contributed by atoms with Crippen LogP contribution in [-0.2, 0) is 6.54 Å². The molecular weight excluding hydrogens is 326 g/mol. The molecule has 1 amide bonds. The summed E-state index contributed by atoms with van der Waals surface area (Å²) in [6.45, 7) is 4.11. The Morgan fingerprint density at radius 3 is 2.71 bits per heavy atom. The number of hydrogen-bond donors (Lipinski definition) is 1. The van der Waals surface area contributed by atoms with Crippen molar-refractivity contribution in [3.63, 3.8) is 0 Å². The van der Waals surface area contributed by atoms with Crippen LogP contribution in [0.3, 0.4) is 0 Å². The van der Waals surface area contributed by atoms with Crippen LogP contribution in [0.15, 0.2) is 51.7 Å². The minimum atomic E-state index is -0.429. The molecule has 24 heavy (non-hydrogen) atoms. The van der Waals surface area contributed by atoms with Crippen LogP contribution in [0.5, 0.6) is 0 Å². The summed E-state index contributed by atoms with van der Waals surface area (Å²) in [4.78, 5) is 24.1. The third kappa shape index (κ3) is 3.34. The van der Waals surface area contributed by atoms with Crippen LogP contribution in [0.1, 0.15) is 27.0 Å². The zero-order valence-corrected chi connectivity index (χ0v) is 14.1. The summed E-state index contributed by atoms with van der Waals surface area (Å²) in [5.74, 6) is -0.247. The summed E-state index contributed by atoms with van der Waals surface area (Å²) in [7, 11) is 0. The minimum absolute atomic E-state index is 0.232. The number of rotatable bonds is 3. The smallest absolute Gasteiger partial charge is 0.336 e. The second kappa shape index (κ2) is 6.49. The molecule has 3 aromatic rings. The van der Waals surface area contributed by atoms with Crippen LogP contribution in [0.4, 0.5) is 0 Å². The van der Waals surface area contributed by atoms with Crippen LogP contribution in [0, 0.1) is 13.8 Å². The zero-order valence-electron chi connectivity index (χ0n) is 13.4. The van der Waals surface area contributed by atoms with Crippen molar-refractivity contribution in [2.24, 2.45) is 0 Å². The van der Waals surface area contributed by atoms with Crippen LogP contribution in [0.2, 0.25) is 5.02 Å². The van der Waals surface area contributed by atoms with E-state index in [2.05, 4.69) is 5.32 Å². The summed E-state index contributed by atoms with van der Waals surface area (Å²) in [6.07, 6.45) is 0. The first kappa shape index (κ1) is 16.3. The van der Waals surface area contributed by atoms with Crippen molar-refractivity contribution in [1.29, 1.82) is 0 Å². The van der Waals surface area contributed by atoms with Gasteiger partial charge in [-0.25, -0.2) is 4.79 Å². The van der Waals surface area contributed by atoms with Crippen LogP contribution in [0.25, 0.3) is 11.0 Å². The van der Waals surface area contributed by atoms with E-state index in [1.54, 1.807) is 24.3 Å². The predicted octanol–water partition coefficient (Wildman–Crippen LogP) is 3.99. The molecule has 3 rings (SSSR count). The van der Waals surface area contributed by atoms with E-state index < -0.39 is 5.63 Å². The highest BCUT2D eigenvalue weighted by Crippen LogP contribution is 2.22. The van der Waals surface area contributed by atoms with E-state index in [0.717, 1.165) is 22.1 Å². The van der Waals surface area contributed by atoms with Gasteiger partial charge >= 0.3 is 5.63 Å². The molecule has 0 aliphatic carbocycles. The fraction of sp³-hybridized carbons (Fsp3) is 0.158. The molecule has 0 radical (unpaired) electrons. The lowest BCUT2D eigenvalue weighted by molar-refractivity contribution is 0.0951. The first-order valence-electron chi connectivity index (χ1n) is 7.52. The number of aryl methyl sites for hydroxylation is 2. The fourth-order valence-corrected chi connectivity index (χ4v) is 2.92. The second-order valence-electron chi connectivity index (χ2n) is 5.74. The number of carbonyl (C=O) groups excluding carboxylic acids is 1. The minimum Gasteiger partial charge on any atom is -0.422 e. The monoisotopic (exact) mass is 341 g/mol. The predicted molar refractivity (Wildman–Crippen MR) is 94.6 cm³/mol. The second-order valence-corrected chi connectivity index (χ2v) is 6.18. The number of benzene rings is 2. The first-order valence-corrected chi connectivity index (χ1v) is 7.89. The quantitative estimate of drug-likeness (QED) is 0.733. The topological polar surface area (TPSA) is 59.3 Å². The molecule has 5 heteroatoms. The first-order chi connectivity index (χ1) is 11.4. The number of nitrogens with one attached hydrogen (secondary N) is 1. The highest BCUT2D eigenvalue weighted by Gasteiger charge is 2.11. The van der Waals surface area contributed by atoms with Gasteiger partial charge in [0.1, 0.15) is 5.58 Å². The van der Waals surface area contributed by atoms with E-state index in [0.29, 0.717) is 16.2 Å². The maximum absolute atomic E-state index is 12.3. The van der Waals surface area contributed by atoms with Gasteiger partial charge in [0, 0.05) is 28.6 Å². The van der Waals surface area contributed by atoms with E-state index in [1.807, 2.05) is 26.0 Å². The SMILES string of the molecule is Cc1cc(C)c2oc(=O)cc(CNC(=O)c3cccc(Cl)c3)c2c1. The molecule has 4 nitrogen and oxygen atoms in total. The van der Waals surface area contributed by atoms with Crippen molar-refractivity contribution in [3.05, 3.63) is 80.2 Å². The average Bonchev–Trinajstić information content (AvgIpc) is 2.53. The van der Waals surface area contributed by atoms with Gasteiger partial charge in [0.05, 0.1) is 0 Å². The molecule has 1 aromatic heterocycles. The van der Waals surface area contributed by atoms with E-state index in [1.165, 1.54) is 6.07 Å². The molecule has 1 N–H and O–H groups in total. The van der Waals surface area contributed by atoms with Crippen molar-refractivity contribution in [2.45, 2.75) is 20.4 Å². The van der Waals surface area contributed by atoms with Gasteiger partial charge in [0.25, 0.3) is 5.91 Å². The summed E-state index contributed by atoms with van der Waals surface area (Å²) in [6, 6.07) is 12.0. The molecule has 122 valence electrons. The lowest BCUT2D eigenvalue weighted by Crippen LogP contribution is -2.23. The highest BCUT2D eigenvalue weighted by atomic mass is 35.5. The van der Waals surface area contributed by atoms with Gasteiger partial charge in [0.2, 0.25) is 0 Å². The Morgan fingerprint density at radius 2 is 1.96 bits per heavy atom. The number of halogens is 1. The van der Waals surface area contributed by atoms with Crippen molar-refractivity contribution in [2.75, 3.05) is 0 Å². The average molecular weight is 342 g/mol. The Hall–Kier alpha value is -2.59. The molecule has 2 aromatic carbocycles. The molecule has 0 bridgehead atoms. The maximum atomic E-state index is 12.3. The third-order valence-electron chi connectivity index (χ3n) is 3.79. The van der Waals surface area contributed by atoms with Crippen LogP contribution >= 0.6 is 11.6 Å². The van der Waals surface area contributed by atoms with Gasteiger partial charge in [-0.3, -0.25) is 4.79 Å². The zero-order chi connectivity index (χ0) is 17.3. The van der Waals surface area contributed by atoms with Gasteiger partial charge in [-0.2, -0.15) is 0 Å². The van der Waals surface area contributed by atoms with Crippen LogP contribution in [-0.4, -0.2) is 5.91 Å². The standard InChI is InChI=1S/C19H16ClNO3/c1-11-6-12(2)18-16(7-11)14(9-17(22)24-18)10-21-19(23)13-4-3-5-15(20)8-13/h3-9H,10H2,1-2H3,(H,21,23). The summed E-state index contributed by atoms with van der Waals surface area (Å²) >= 11 is 5.91. The summed E-state index contributed by atoms with van der Waals surface area (Å²) in [5.41, 5.74) is 3.29. The Bertz CT molecular complexity index is 992. The molecule has 0 aliphatic rings. The van der Waals surface area contributed by atoms with Gasteiger partial charge in [-0.15, -0.1) is 0 Å².